The van der Waals surface area contributed by atoms with Gasteiger partial charge in [0.1, 0.15) is 19.4 Å². The van der Waals surface area contributed by atoms with Gasteiger partial charge in [-0.3, -0.25) is 0 Å². The van der Waals surface area contributed by atoms with Gasteiger partial charge in [0.2, 0.25) is 0 Å². The van der Waals surface area contributed by atoms with Gasteiger partial charge in [0.05, 0.1) is 5.41 Å². The highest BCUT2D eigenvalue weighted by atomic mass is 16.5. The summed E-state index contributed by atoms with van der Waals surface area (Å²) in [6, 6.07) is 8.16. The summed E-state index contributed by atoms with van der Waals surface area (Å²) in [5.41, 5.74) is 1.93. The first-order valence-corrected chi connectivity index (χ1v) is 5.16. The molecule has 15 heavy (non-hydrogen) atoms. The van der Waals surface area contributed by atoms with Gasteiger partial charge in [-0.25, -0.2) is 0 Å². The Morgan fingerprint density at radius 3 is 3.00 bits per heavy atom. The van der Waals surface area contributed by atoms with Crippen molar-refractivity contribution >= 4 is 7.85 Å². The predicted molar refractivity (Wildman–Crippen MR) is 61.0 cm³/mol. The molecule has 0 spiro atoms. The number of hydrogen-bond donors (Lipinski definition) is 0. The first-order valence-electron chi connectivity index (χ1n) is 5.16. The van der Waals surface area contributed by atoms with Crippen LogP contribution in [0.2, 0.25) is 0 Å². The van der Waals surface area contributed by atoms with Gasteiger partial charge in [0, 0.05) is 5.56 Å². The second kappa shape index (κ2) is 2.78. The van der Waals surface area contributed by atoms with Crippen LogP contribution in [-0.4, -0.2) is 7.85 Å². The molecule has 1 unspecified atom stereocenters. The minimum Gasteiger partial charge on any atom is -0.461 e. The van der Waals surface area contributed by atoms with E-state index in [4.69, 9.17) is 12.6 Å². The predicted octanol–water partition coefficient (Wildman–Crippen LogP) is 2.68. The molecule has 3 rings (SSSR count). The van der Waals surface area contributed by atoms with E-state index in [-0.39, 0.29) is 5.41 Å². The van der Waals surface area contributed by atoms with Gasteiger partial charge < -0.3 is 4.74 Å². The number of rotatable bonds is 0. The van der Waals surface area contributed by atoms with Gasteiger partial charge >= 0.3 is 0 Å². The van der Waals surface area contributed by atoms with Crippen molar-refractivity contribution < 1.29 is 4.74 Å². The zero-order chi connectivity index (χ0) is 10.5. The van der Waals surface area contributed by atoms with E-state index in [1.165, 1.54) is 5.56 Å². The zero-order valence-corrected chi connectivity index (χ0v) is 8.66. The fourth-order valence-corrected chi connectivity index (χ4v) is 2.43. The van der Waals surface area contributed by atoms with Gasteiger partial charge in [0.15, 0.2) is 0 Å². The van der Waals surface area contributed by atoms with E-state index in [1.807, 2.05) is 24.3 Å². The summed E-state index contributed by atoms with van der Waals surface area (Å²) < 4.78 is 5.83. The molecule has 0 bridgehead atoms. The lowest BCUT2D eigenvalue weighted by atomic mass is 9.72. The van der Waals surface area contributed by atoms with Crippen LogP contribution in [0.15, 0.2) is 47.6 Å². The Kier molecular flexibility index (Phi) is 1.64. The number of hydrogen-bond acceptors (Lipinski definition) is 1. The molecule has 1 aromatic carbocycles. The minimum absolute atomic E-state index is 0.0601. The van der Waals surface area contributed by atoms with Crippen molar-refractivity contribution in [3.8, 4) is 5.75 Å². The van der Waals surface area contributed by atoms with Crippen molar-refractivity contribution in [2.45, 2.75) is 18.8 Å². The molecule has 1 heterocycles. The van der Waals surface area contributed by atoms with Gasteiger partial charge in [-0.15, -0.1) is 0 Å². The van der Waals surface area contributed by atoms with Crippen molar-refractivity contribution in [3.63, 3.8) is 0 Å². The van der Waals surface area contributed by atoms with Crippen LogP contribution in [0.5, 0.6) is 5.75 Å². The van der Waals surface area contributed by atoms with Crippen LogP contribution < -0.4 is 4.74 Å². The molecule has 1 aliphatic carbocycles. The maximum atomic E-state index is 5.95. The quantitative estimate of drug-likeness (QED) is 0.577. The van der Waals surface area contributed by atoms with Crippen molar-refractivity contribution in [3.05, 3.63) is 53.2 Å². The average molecular weight is 194 g/mol. The Bertz CT molecular complexity index is 487. The number of benzene rings is 1. The third kappa shape index (κ3) is 1.05. The lowest BCUT2D eigenvalue weighted by Gasteiger charge is -2.27. The molecule has 0 N–H and O–H groups in total. The first kappa shape index (κ1) is 8.84. The van der Waals surface area contributed by atoms with Gasteiger partial charge in [-0.2, -0.15) is 0 Å². The molecule has 1 nitrogen and oxygen atoms in total. The Morgan fingerprint density at radius 1 is 1.33 bits per heavy atom. The minimum atomic E-state index is -0.0601. The molecule has 2 radical (unpaired) electrons. The number of ether oxygens (including phenoxy) is 1. The van der Waals surface area contributed by atoms with E-state index < -0.39 is 0 Å². The number of allylic oxidation sites excluding steroid dienone is 4. The Balaban J connectivity index is 2.25. The number of para-hydroxylation sites is 1. The van der Waals surface area contributed by atoms with E-state index in [2.05, 4.69) is 19.1 Å². The average Bonchev–Trinajstić information content (AvgIpc) is 2.54. The van der Waals surface area contributed by atoms with Crippen molar-refractivity contribution in [2.75, 3.05) is 0 Å². The van der Waals surface area contributed by atoms with E-state index in [1.54, 1.807) is 0 Å². The molecule has 0 saturated heterocycles. The van der Waals surface area contributed by atoms with Gasteiger partial charge in [0.25, 0.3) is 0 Å². The summed E-state index contributed by atoms with van der Waals surface area (Å²) in [6.45, 7) is 2.19. The Morgan fingerprint density at radius 2 is 2.13 bits per heavy atom. The molecule has 1 atom stereocenters. The molecule has 2 heteroatoms. The first-order chi connectivity index (χ1) is 7.22. The molecular formula is C13H11BO. The Hall–Kier alpha value is -1.44. The second-order valence-corrected chi connectivity index (χ2v) is 4.32. The maximum absolute atomic E-state index is 5.95. The van der Waals surface area contributed by atoms with E-state index >= 15 is 0 Å². The van der Waals surface area contributed by atoms with Crippen LogP contribution in [-0.2, 0) is 5.41 Å². The smallest absolute Gasteiger partial charge is 0.131 e. The highest BCUT2D eigenvalue weighted by Crippen LogP contribution is 2.49. The summed E-state index contributed by atoms with van der Waals surface area (Å²) in [6.07, 6.45) is 5.01. The fraction of sp³-hybridized carbons (Fsp3) is 0.231. The molecule has 0 aromatic heterocycles. The van der Waals surface area contributed by atoms with Crippen LogP contribution in [0.25, 0.3) is 0 Å². The highest BCUT2D eigenvalue weighted by molar-refractivity contribution is 6.24. The molecule has 1 aliphatic heterocycles. The third-order valence-electron chi connectivity index (χ3n) is 3.28. The van der Waals surface area contributed by atoms with Gasteiger partial charge in [-0.1, -0.05) is 35.8 Å². The summed E-state index contributed by atoms with van der Waals surface area (Å²) in [7, 11) is 5.95. The molecule has 0 fully saturated rings. The fourth-order valence-electron chi connectivity index (χ4n) is 2.43. The highest BCUT2D eigenvalue weighted by Gasteiger charge is 2.42. The molecule has 72 valence electrons. The monoisotopic (exact) mass is 194 g/mol. The maximum Gasteiger partial charge on any atom is 0.131 e. The summed E-state index contributed by atoms with van der Waals surface area (Å²) in [4.78, 5) is 0. The molecule has 1 aromatic rings. The molecule has 0 amide bonds. The summed E-state index contributed by atoms with van der Waals surface area (Å²) in [5.74, 6) is 1.85. The lowest BCUT2D eigenvalue weighted by Crippen LogP contribution is -2.24. The topological polar surface area (TPSA) is 9.23 Å². The largest absolute Gasteiger partial charge is 0.461 e. The lowest BCUT2D eigenvalue weighted by molar-refractivity contribution is 0.375. The molecular weight excluding hydrogens is 183 g/mol. The van der Waals surface area contributed by atoms with E-state index in [0.29, 0.717) is 0 Å². The van der Waals surface area contributed by atoms with Crippen molar-refractivity contribution in [2.24, 2.45) is 0 Å². The van der Waals surface area contributed by atoms with Crippen molar-refractivity contribution in [1.82, 2.24) is 0 Å². The van der Waals surface area contributed by atoms with E-state index in [9.17, 15) is 0 Å². The second-order valence-electron chi connectivity index (χ2n) is 4.32. The molecule has 0 saturated carbocycles. The zero-order valence-electron chi connectivity index (χ0n) is 8.66. The Labute approximate surface area is 90.9 Å². The van der Waals surface area contributed by atoms with E-state index in [0.717, 1.165) is 23.4 Å². The summed E-state index contributed by atoms with van der Waals surface area (Å²) >= 11 is 0. The molecule has 2 aliphatic rings. The normalized spacial score (nSPS) is 27.3. The third-order valence-corrected chi connectivity index (χ3v) is 3.28. The van der Waals surface area contributed by atoms with Gasteiger partial charge in [-0.05, 0) is 19.4 Å². The standard InChI is InChI=1S/C13H11BO/c1-13-8-4-6-10(14)12(13)15-11-7-3-2-5-9(11)13/h2-7H,8H2,1H3. The number of fused-ring (bicyclic) bond motifs is 3. The van der Waals surface area contributed by atoms with Crippen LogP contribution in [0.3, 0.4) is 0 Å². The summed E-state index contributed by atoms with van der Waals surface area (Å²) in [5, 5.41) is 0. The van der Waals surface area contributed by atoms with Crippen molar-refractivity contribution in [1.29, 1.82) is 0 Å². The van der Waals surface area contributed by atoms with Crippen LogP contribution >= 0.6 is 0 Å². The SMILES string of the molecule is [B]C1=C2Oc3ccccc3C2(C)CC=C1. The van der Waals surface area contributed by atoms with Crippen LogP contribution in [0.4, 0.5) is 0 Å². The van der Waals surface area contributed by atoms with Crippen LogP contribution in [0, 0.1) is 0 Å². The van der Waals surface area contributed by atoms with Crippen LogP contribution in [0.1, 0.15) is 18.9 Å².